The fraction of sp³-hybridized carbons (Fsp3) is 0.625. The van der Waals surface area contributed by atoms with Crippen LogP contribution in [0.15, 0.2) is 30.3 Å². The van der Waals surface area contributed by atoms with Gasteiger partial charge in [-0.25, -0.2) is 0 Å². The normalized spacial score (nSPS) is 22.6. The highest BCUT2D eigenvalue weighted by Gasteiger charge is 2.23. The summed E-state index contributed by atoms with van der Waals surface area (Å²) in [6.07, 6.45) is 1.29. The number of rotatable bonds is 5. The van der Waals surface area contributed by atoms with Crippen molar-refractivity contribution in [2.45, 2.75) is 45.2 Å². The minimum absolute atomic E-state index is 0.597. The molecule has 100 valence electrons. The molecule has 1 fully saturated rings. The number of nitrogens with zero attached hydrogens (tertiary/aromatic N) is 1. The Morgan fingerprint density at radius 2 is 1.94 bits per heavy atom. The van der Waals surface area contributed by atoms with Crippen LogP contribution in [0, 0.1) is 0 Å². The predicted octanol–water partition coefficient (Wildman–Crippen LogP) is 2.86. The summed E-state index contributed by atoms with van der Waals surface area (Å²) in [5.74, 6) is 0.597. The van der Waals surface area contributed by atoms with Crippen LogP contribution in [0.3, 0.4) is 0 Å². The second-order valence-electron chi connectivity index (χ2n) is 5.79. The molecule has 2 atom stereocenters. The maximum atomic E-state index is 3.72. The van der Waals surface area contributed by atoms with Gasteiger partial charge >= 0.3 is 0 Å². The smallest absolute Gasteiger partial charge is 0.0207 e. The third-order valence-corrected chi connectivity index (χ3v) is 4.03. The van der Waals surface area contributed by atoms with Crippen molar-refractivity contribution in [3.05, 3.63) is 35.9 Å². The largest absolute Gasteiger partial charge is 0.312 e. The van der Waals surface area contributed by atoms with E-state index < -0.39 is 0 Å². The summed E-state index contributed by atoms with van der Waals surface area (Å²) in [6, 6.07) is 12.1. The Morgan fingerprint density at radius 1 is 1.22 bits per heavy atom. The lowest BCUT2D eigenvalue weighted by Gasteiger charge is -2.21. The van der Waals surface area contributed by atoms with Crippen LogP contribution >= 0.6 is 0 Å². The van der Waals surface area contributed by atoms with Crippen molar-refractivity contribution in [3.8, 4) is 0 Å². The first-order chi connectivity index (χ1) is 8.66. The van der Waals surface area contributed by atoms with Crippen LogP contribution in [0.1, 0.15) is 38.7 Å². The van der Waals surface area contributed by atoms with Gasteiger partial charge in [0.05, 0.1) is 0 Å². The number of hydrogen-bond donors (Lipinski definition) is 1. The average Bonchev–Trinajstić information content (AvgIpc) is 2.86. The van der Waals surface area contributed by atoms with Crippen molar-refractivity contribution in [1.29, 1.82) is 0 Å². The van der Waals surface area contributed by atoms with E-state index in [4.69, 9.17) is 0 Å². The Balaban J connectivity index is 1.76. The van der Waals surface area contributed by atoms with E-state index in [2.05, 4.69) is 61.3 Å². The topological polar surface area (TPSA) is 15.3 Å². The Hall–Kier alpha value is -0.860. The Labute approximate surface area is 111 Å². The van der Waals surface area contributed by atoms with E-state index in [1.54, 1.807) is 0 Å². The van der Waals surface area contributed by atoms with Crippen LogP contribution in [0.25, 0.3) is 0 Å². The Kier molecular flexibility index (Phi) is 4.79. The molecule has 1 aliphatic rings. The molecule has 0 radical (unpaired) electrons. The third-order valence-electron chi connectivity index (χ3n) is 4.03. The van der Waals surface area contributed by atoms with Crippen LogP contribution in [-0.2, 0) is 0 Å². The number of hydrogen-bond acceptors (Lipinski definition) is 2. The van der Waals surface area contributed by atoms with Crippen LogP contribution in [0.2, 0.25) is 0 Å². The van der Waals surface area contributed by atoms with Gasteiger partial charge in [-0.05, 0) is 38.3 Å². The molecule has 1 aromatic carbocycles. The molecule has 0 aliphatic carbocycles. The van der Waals surface area contributed by atoms with E-state index in [1.165, 1.54) is 25.1 Å². The number of likely N-dealkylation sites (tertiary alicyclic amines) is 1. The third kappa shape index (κ3) is 3.56. The van der Waals surface area contributed by atoms with Crippen LogP contribution in [0.5, 0.6) is 0 Å². The molecule has 2 rings (SSSR count). The van der Waals surface area contributed by atoms with Gasteiger partial charge in [0.1, 0.15) is 0 Å². The second-order valence-corrected chi connectivity index (χ2v) is 5.79. The molecule has 1 aliphatic heterocycles. The first-order valence-corrected chi connectivity index (χ1v) is 7.19. The quantitative estimate of drug-likeness (QED) is 0.859. The highest BCUT2D eigenvalue weighted by Crippen LogP contribution is 2.16. The molecule has 1 N–H and O–H groups in total. The van der Waals surface area contributed by atoms with Gasteiger partial charge in [-0.3, -0.25) is 4.90 Å². The zero-order valence-electron chi connectivity index (χ0n) is 11.9. The fourth-order valence-corrected chi connectivity index (χ4v) is 2.67. The standard InChI is InChI=1S/C16H26N2/c1-13(2)18-10-9-16(12-18)17-11-14(3)15-7-5-4-6-8-15/h4-8,13-14,16-17H,9-12H2,1-3H3. The number of nitrogens with one attached hydrogen (secondary N) is 1. The van der Waals surface area contributed by atoms with Gasteiger partial charge in [0.25, 0.3) is 0 Å². The van der Waals surface area contributed by atoms with Crippen molar-refractivity contribution in [2.75, 3.05) is 19.6 Å². The number of benzene rings is 1. The first-order valence-electron chi connectivity index (χ1n) is 7.19. The van der Waals surface area contributed by atoms with E-state index in [-0.39, 0.29) is 0 Å². The molecule has 0 spiro atoms. The lowest BCUT2D eigenvalue weighted by atomic mass is 10.0. The Bertz CT molecular complexity index is 347. The summed E-state index contributed by atoms with van der Waals surface area (Å²) in [4.78, 5) is 2.56. The monoisotopic (exact) mass is 246 g/mol. The van der Waals surface area contributed by atoms with Crippen molar-refractivity contribution < 1.29 is 0 Å². The summed E-state index contributed by atoms with van der Waals surface area (Å²) < 4.78 is 0. The van der Waals surface area contributed by atoms with E-state index in [9.17, 15) is 0 Å². The highest BCUT2D eigenvalue weighted by molar-refractivity contribution is 5.19. The van der Waals surface area contributed by atoms with Gasteiger partial charge in [0, 0.05) is 25.2 Å². The van der Waals surface area contributed by atoms with Crippen LogP contribution in [0.4, 0.5) is 0 Å². The van der Waals surface area contributed by atoms with E-state index in [0.29, 0.717) is 18.0 Å². The maximum Gasteiger partial charge on any atom is 0.0207 e. The van der Waals surface area contributed by atoms with Crippen molar-refractivity contribution in [2.24, 2.45) is 0 Å². The minimum Gasteiger partial charge on any atom is -0.312 e. The average molecular weight is 246 g/mol. The fourth-order valence-electron chi connectivity index (χ4n) is 2.67. The summed E-state index contributed by atoms with van der Waals surface area (Å²) in [5.41, 5.74) is 1.43. The van der Waals surface area contributed by atoms with E-state index in [1.807, 2.05) is 0 Å². The zero-order valence-corrected chi connectivity index (χ0v) is 11.9. The molecular weight excluding hydrogens is 220 g/mol. The molecule has 18 heavy (non-hydrogen) atoms. The molecule has 0 saturated carbocycles. The molecule has 0 aromatic heterocycles. The van der Waals surface area contributed by atoms with Gasteiger partial charge in [0.15, 0.2) is 0 Å². The molecule has 2 heteroatoms. The lowest BCUT2D eigenvalue weighted by molar-refractivity contribution is 0.268. The van der Waals surface area contributed by atoms with Crippen LogP contribution in [-0.4, -0.2) is 36.6 Å². The van der Waals surface area contributed by atoms with E-state index in [0.717, 1.165) is 6.54 Å². The predicted molar refractivity (Wildman–Crippen MR) is 78.0 cm³/mol. The van der Waals surface area contributed by atoms with Gasteiger partial charge in [-0.15, -0.1) is 0 Å². The summed E-state index contributed by atoms with van der Waals surface area (Å²) in [5, 5.41) is 3.72. The molecule has 1 heterocycles. The highest BCUT2D eigenvalue weighted by atomic mass is 15.2. The second kappa shape index (κ2) is 6.35. The maximum absolute atomic E-state index is 3.72. The van der Waals surface area contributed by atoms with Crippen molar-refractivity contribution >= 4 is 0 Å². The minimum atomic E-state index is 0.597. The molecule has 1 aromatic rings. The van der Waals surface area contributed by atoms with Gasteiger partial charge < -0.3 is 5.32 Å². The molecule has 2 unspecified atom stereocenters. The SMILES string of the molecule is CC(CNC1CCN(C(C)C)C1)c1ccccc1. The zero-order chi connectivity index (χ0) is 13.0. The summed E-state index contributed by atoms with van der Waals surface area (Å²) in [6.45, 7) is 10.4. The van der Waals surface area contributed by atoms with E-state index >= 15 is 0 Å². The molecule has 1 saturated heterocycles. The first kappa shape index (κ1) is 13.6. The van der Waals surface area contributed by atoms with Crippen LogP contribution < -0.4 is 5.32 Å². The molecule has 0 amide bonds. The van der Waals surface area contributed by atoms with Crippen molar-refractivity contribution in [3.63, 3.8) is 0 Å². The molecule has 2 nitrogen and oxygen atoms in total. The summed E-state index contributed by atoms with van der Waals surface area (Å²) >= 11 is 0. The summed E-state index contributed by atoms with van der Waals surface area (Å²) in [7, 11) is 0. The lowest BCUT2D eigenvalue weighted by Crippen LogP contribution is -2.36. The molecule has 0 bridgehead atoms. The van der Waals surface area contributed by atoms with Gasteiger partial charge in [0.2, 0.25) is 0 Å². The Morgan fingerprint density at radius 3 is 2.56 bits per heavy atom. The van der Waals surface area contributed by atoms with Gasteiger partial charge in [-0.2, -0.15) is 0 Å². The van der Waals surface area contributed by atoms with Crippen molar-refractivity contribution in [1.82, 2.24) is 10.2 Å². The van der Waals surface area contributed by atoms with Gasteiger partial charge in [-0.1, -0.05) is 37.3 Å². The molecular formula is C16H26N2.